The summed E-state index contributed by atoms with van der Waals surface area (Å²) in [5.74, 6) is 0.409. The van der Waals surface area contributed by atoms with Gasteiger partial charge >= 0.3 is 0 Å². The SMILES string of the molecule is Cc1ccc(OC2CCN(S(=O)(=O)c3cccc4cccnc34)C2)nn1. The van der Waals surface area contributed by atoms with Crippen molar-refractivity contribution in [3.05, 3.63) is 54.4 Å². The van der Waals surface area contributed by atoms with Gasteiger partial charge in [-0.25, -0.2) is 8.42 Å². The predicted octanol–water partition coefficient (Wildman–Crippen LogP) is 2.18. The van der Waals surface area contributed by atoms with Crippen LogP contribution in [0.3, 0.4) is 0 Å². The molecule has 134 valence electrons. The number of hydrogen-bond acceptors (Lipinski definition) is 6. The first-order valence-electron chi connectivity index (χ1n) is 8.35. The summed E-state index contributed by atoms with van der Waals surface area (Å²) in [4.78, 5) is 4.49. The number of aromatic nitrogens is 3. The summed E-state index contributed by atoms with van der Waals surface area (Å²) in [7, 11) is -3.64. The topological polar surface area (TPSA) is 85.3 Å². The minimum atomic E-state index is -3.64. The Morgan fingerprint density at radius 1 is 1.12 bits per heavy atom. The van der Waals surface area contributed by atoms with E-state index < -0.39 is 10.0 Å². The Balaban J connectivity index is 1.56. The van der Waals surface area contributed by atoms with E-state index >= 15 is 0 Å². The number of ether oxygens (including phenoxy) is 1. The highest BCUT2D eigenvalue weighted by Crippen LogP contribution is 2.27. The summed E-state index contributed by atoms with van der Waals surface area (Å²) in [5.41, 5.74) is 1.29. The molecule has 1 aliphatic rings. The van der Waals surface area contributed by atoms with Crippen LogP contribution in [0.2, 0.25) is 0 Å². The van der Waals surface area contributed by atoms with Gasteiger partial charge in [-0.3, -0.25) is 4.98 Å². The van der Waals surface area contributed by atoms with Gasteiger partial charge in [-0.15, -0.1) is 5.10 Å². The molecule has 1 aromatic carbocycles. The van der Waals surface area contributed by atoms with Crippen LogP contribution in [0.1, 0.15) is 12.1 Å². The second kappa shape index (κ2) is 6.62. The molecule has 0 saturated carbocycles. The van der Waals surface area contributed by atoms with Crippen molar-refractivity contribution in [1.29, 1.82) is 0 Å². The van der Waals surface area contributed by atoms with Crippen molar-refractivity contribution < 1.29 is 13.2 Å². The van der Waals surface area contributed by atoms with Crippen molar-refractivity contribution in [2.24, 2.45) is 0 Å². The average molecular weight is 370 g/mol. The molecule has 0 radical (unpaired) electrons. The van der Waals surface area contributed by atoms with Crippen molar-refractivity contribution in [1.82, 2.24) is 19.5 Å². The number of rotatable bonds is 4. The summed E-state index contributed by atoms with van der Waals surface area (Å²) >= 11 is 0. The minimum Gasteiger partial charge on any atom is -0.472 e. The highest BCUT2D eigenvalue weighted by molar-refractivity contribution is 7.89. The van der Waals surface area contributed by atoms with Crippen LogP contribution in [0.25, 0.3) is 10.9 Å². The minimum absolute atomic E-state index is 0.228. The van der Waals surface area contributed by atoms with Crippen LogP contribution >= 0.6 is 0 Å². The monoisotopic (exact) mass is 370 g/mol. The summed E-state index contributed by atoms with van der Waals surface area (Å²) < 4.78 is 33.4. The molecule has 26 heavy (non-hydrogen) atoms. The first kappa shape index (κ1) is 16.9. The van der Waals surface area contributed by atoms with Crippen molar-refractivity contribution in [2.45, 2.75) is 24.3 Å². The molecule has 0 aliphatic carbocycles. The summed E-state index contributed by atoms with van der Waals surface area (Å²) in [6.07, 6.45) is 1.96. The van der Waals surface area contributed by atoms with E-state index in [1.807, 2.05) is 25.1 Å². The van der Waals surface area contributed by atoms with Crippen molar-refractivity contribution in [3.63, 3.8) is 0 Å². The van der Waals surface area contributed by atoms with Crippen molar-refractivity contribution in [2.75, 3.05) is 13.1 Å². The normalized spacial score (nSPS) is 18.3. The van der Waals surface area contributed by atoms with Gasteiger partial charge in [-0.2, -0.15) is 9.40 Å². The largest absolute Gasteiger partial charge is 0.472 e. The molecule has 2 aromatic heterocycles. The number of para-hydroxylation sites is 1. The molecule has 4 rings (SSSR count). The fourth-order valence-corrected chi connectivity index (χ4v) is 4.71. The lowest BCUT2D eigenvalue weighted by molar-refractivity contribution is 0.204. The first-order chi connectivity index (χ1) is 12.5. The predicted molar refractivity (Wildman–Crippen MR) is 96.3 cm³/mol. The maximum atomic E-state index is 13.1. The van der Waals surface area contributed by atoms with Crippen LogP contribution in [-0.2, 0) is 10.0 Å². The lowest BCUT2D eigenvalue weighted by atomic mass is 10.2. The second-order valence-electron chi connectivity index (χ2n) is 6.24. The summed E-state index contributed by atoms with van der Waals surface area (Å²) in [6.45, 7) is 2.52. The summed E-state index contributed by atoms with van der Waals surface area (Å²) in [6, 6.07) is 12.4. The molecule has 8 heteroatoms. The average Bonchev–Trinajstić information content (AvgIpc) is 3.12. The van der Waals surface area contributed by atoms with E-state index in [0.29, 0.717) is 24.4 Å². The third kappa shape index (κ3) is 3.13. The zero-order valence-electron chi connectivity index (χ0n) is 14.2. The summed E-state index contributed by atoms with van der Waals surface area (Å²) in [5, 5.41) is 8.73. The third-order valence-electron chi connectivity index (χ3n) is 4.38. The number of hydrogen-bond donors (Lipinski definition) is 0. The number of sulfonamides is 1. The lowest BCUT2D eigenvalue weighted by Gasteiger charge is -2.17. The van der Waals surface area contributed by atoms with Gasteiger partial charge in [-0.05, 0) is 31.5 Å². The Hall–Kier alpha value is -2.58. The quantitative estimate of drug-likeness (QED) is 0.700. The van der Waals surface area contributed by atoms with E-state index in [1.165, 1.54) is 4.31 Å². The molecule has 0 bridgehead atoms. The fourth-order valence-electron chi connectivity index (χ4n) is 3.06. The van der Waals surface area contributed by atoms with E-state index in [9.17, 15) is 8.42 Å². The number of benzene rings is 1. The zero-order chi connectivity index (χ0) is 18.1. The van der Waals surface area contributed by atoms with Crippen LogP contribution in [0.15, 0.2) is 53.6 Å². The maximum Gasteiger partial charge on any atom is 0.245 e. The molecule has 1 aliphatic heterocycles. The number of aryl methyl sites for hydroxylation is 1. The highest BCUT2D eigenvalue weighted by Gasteiger charge is 2.35. The highest BCUT2D eigenvalue weighted by atomic mass is 32.2. The van der Waals surface area contributed by atoms with Gasteiger partial charge < -0.3 is 4.74 Å². The first-order valence-corrected chi connectivity index (χ1v) is 9.79. The third-order valence-corrected chi connectivity index (χ3v) is 6.28. The lowest BCUT2D eigenvalue weighted by Crippen LogP contribution is -2.31. The van der Waals surface area contributed by atoms with Crippen molar-refractivity contribution in [3.8, 4) is 5.88 Å². The zero-order valence-corrected chi connectivity index (χ0v) is 15.1. The van der Waals surface area contributed by atoms with Crippen LogP contribution < -0.4 is 4.74 Å². The van der Waals surface area contributed by atoms with Gasteiger partial charge in [0, 0.05) is 24.2 Å². The van der Waals surface area contributed by atoms with Gasteiger partial charge in [0.2, 0.25) is 15.9 Å². The van der Waals surface area contributed by atoms with E-state index in [0.717, 1.165) is 11.1 Å². The molecule has 1 atom stereocenters. The second-order valence-corrected chi connectivity index (χ2v) is 8.14. The van der Waals surface area contributed by atoms with E-state index in [-0.39, 0.29) is 17.5 Å². The molecule has 7 nitrogen and oxygen atoms in total. The van der Waals surface area contributed by atoms with Gasteiger partial charge in [-0.1, -0.05) is 18.2 Å². The van der Waals surface area contributed by atoms with Gasteiger partial charge in [0.15, 0.2) is 0 Å². The molecule has 0 amide bonds. The van der Waals surface area contributed by atoms with Gasteiger partial charge in [0.1, 0.15) is 11.0 Å². The molecule has 3 heterocycles. The molecular formula is C18H18N4O3S. The molecule has 1 unspecified atom stereocenters. The Morgan fingerprint density at radius 2 is 1.96 bits per heavy atom. The number of pyridine rings is 1. The fraction of sp³-hybridized carbons (Fsp3) is 0.278. The molecule has 1 saturated heterocycles. The molecule has 0 spiro atoms. The van der Waals surface area contributed by atoms with Crippen LogP contribution in [-0.4, -0.2) is 47.1 Å². The molecule has 0 N–H and O–H groups in total. The molecule has 1 fully saturated rings. The van der Waals surface area contributed by atoms with Crippen LogP contribution in [0.4, 0.5) is 0 Å². The smallest absolute Gasteiger partial charge is 0.245 e. The Bertz CT molecular complexity index is 1030. The van der Waals surface area contributed by atoms with Crippen molar-refractivity contribution >= 4 is 20.9 Å². The van der Waals surface area contributed by atoms with Gasteiger partial charge in [0.25, 0.3) is 0 Å². The standard InChI is InChI=1S/C18H18N4O3S/c1-13-7-8-17(21-20-13)25-15-9-11-22(12-15)26(23,24)16-6-2-4-14-5-3-10-19-18(14)16/h2-8,10,15H,9,11-12H2,1H3. The van der Waals surface area contributed by atoms with Crippen LogP contribution in [0, 0.1) is 6.92 Å². The molecular weight excluding hydrogens is 352 g/mol. The number of nitrogens with zero attached hydrogens (tertiary/aromatic N) is 4. The van der Waals surface area contributed by atoms with Crippen LogP contribution in [0.5, 0.6) is 5.88 Å². The van der Waals surface area contributed by atoms with E-state index in [1.54, 1.807) is 30.5 Å². The Kier molecular flexibility index (Phi) is 4.29. The van der Waals surface area contributed by atoms with Gasteiger partial charge in [0.05, 0.1) is 17.8 Å². The molecule has 3 aromatic rings. The number of fused-ring (bicyclic) bond motifs is 1. The van der Waals surface area contributed by atoms with E-state index in [4.69, 9.17) is 4.74 Å². The maximum absolute atomic E-state index is 13.1. The van der Waals surface area contributed by atoms with E-state index in [2.05, 4.69) is 15.2 Å². The Labute approximate surface area is 151 Å². The Morgan fingerprint density at radius 3 is 2.77 bits per heavy atom.